The summed E-state index contributed by atoms with van der Waals surface area (Å²) in [6, 6.07) is 2.82. The summed E-state index contributed by atoms with van der Waals surface area (Å²) in [5.74, 6) is -1.48. The summed E-state index contributed by atoms with van der Waals surface area (Å²) in [6.45, 7) is 3.62. The van der Waals surface area contributed by atoms with Crippen LogP contribution in [0.4, 0.5) is 0 Å². The molecular weight excluding hydrogens is 246 g/mol. The van der Waals surface area contributed by atoms with Crippen LogP contribution in [-0.4, -0.2) is 32.4 Å². The second-order valence-corrected chi connectivity index (χ2v) is 4.35. The van der Waals surface area contributed by atoms with Crippen molar-refractivity contribution in [2.24, 2.45) is 0 Å². The Morgan fingerprint density at radius 2 is 2.21 bits per heavy atom. The molecule has 0 aromatic carbocycles. The highest BCUT2D eigenvalue weighted by molar-refractivity contribution is 5.95. The van der Waals surface area contributed by atoms with E-state index in [-0.39, 0.29) is 0 Å². The lowest BCUT2D eigenvalue weighted by atomic mass is 10.2. The number of pyridine rings is 1. The summed E-state index contributed by atoms with van der Waals surface area (Å²) < 4.78 is 1.65. The number of aromatic nitrogens is 2. The van der Waals surface area contributed by atoms with E-state index in [4.69, 9.17) is 5.11 Å². The predicted molar refractivity (Wildman–Crippen MR) is 69.1 cm³/mol. The molecule has 0 fully saturated rings. The van der Waals surface area contributed by atoms with E-state index in [1.165, 1.54) is 6.20 Å². The van der Waals surface area contributed by atoms with Gasteiger partial charge in [0.25, 0.3) is 5.91 Å². The Hall–Kier alpha value is -2.37. The van der Waals surface area contributed by atoms with Gasteiger partial charge < -0.3 is 10.4 Å². The molecule has 6 heteroatoms. The lowest BCUT2D eigenvalue weighted by Crippen LogP contribution is -2.40. The van der Waals surface area contributed by atoms with Crippen molar-refractivity contribution < 1.29 is 14.7 Å². The molecule has 19 heavy (non-hydrogen) atoms. The highest BCUT2D eigenvalue weighted by Gasteiger charge is 2.20. The first-order valence-electron chi connectivity index (χ1n) is 6.00. The Kier molecular flexibility index (Phi) is 3.50. The molecule has 0 aliphatic heterocycles. The van der Waals surface area contributed by atoms with Gasteiger partial charge in [-0.2, -0.15) is 0 Å². The Morgan fingerprint density at radius 1 is 1.47 bits per heavy atom. The quantitative estimate of drug-likeness (QED) is 0.867. The summed E-state index contributed by atoms with van der Waals surface area (Å²) in [6.07, 6.45) is 3.56. The lowest BCUT2D eigenvalue weighted by molar-refractivity contribution is -0.139. The zero-order valence-corrected chi connectivity index (χ0v) is 10.8. The van der Waals surface area contributed by atoms with Crippen LogP contribution < -0.4 is 5.32 Å². The smallest absolute Gasteiger partial charge is 0.326 e. The standard InChI is InChI=1S/C13H15N3O3/c1-3-9(13(18)19)15-12(17)10-6-14-11-5-4-8(2)7-16(10)11/h4-7,9H,3H2,1-2H3,(H,15,17)(H,18,19)/t9-/m0/s1. The number of aryl methyl sites for hydroxylation is 1. The van der Waals surface area contributed by atoms with E-state index < -0.39 is 17.9 Å². The van der Waals surface area contributed by atoms with Crippen LogP contribution in [0.15, 0.2) is 24.5 Å². The molecule has 2 heterocycles. The maximum Gasteiger partial charge on any atom is 0.326 e. The van der Waals surface area contributed by atoms with Crippen LogP contribution in [-0.2, 0) is 4.79 Å². The van der Waals surface area contributed by atoms with Crippen LogP contribution >= 0.6 is 0 Å². The van der Waals surface area contributed by atoms with E-state index in [9.17, 15) is 9.59 Å². The van der Waals surface area contributed by atoms with E-state index in [0.717, 1.165) is 5.56 Å². The number of carbonyl (C=O) groups is 2. The molecule has 2 aromatic rings. The van der Waals surface area contributed by atoms with E-state index >= 15 is 0 Å². The van der Waals surface area contributed by atoms with Crippen LogP contribution in [0.5, 0.6) is 0 Å². The van der Waals surface area contributed by atoms with Gasteiger partial charge >= 0.3 is 5.97 Å². The van der Waals surface area contributed by atoms with Crippen molar-refractivity contribution in [3.63, 3.8) is 0 Å². The summed E-state index contributed by atoms with van der Waals surface area (Å²) in [5, 5.41) is 11.4. The maximum absolute atomic E-state index is 12.1. The first kappa shape index (κ1) is 13.1. The summed E-state index contributed by atoms with van der Waals surface area (Å²) in [5.41, 5.74) is 1.97. The molecule has 0 radical (unpaired) electrons. The fraction of sp³-hybridized carbons (Fsp3) is 0.308. The van der Waals surface area contributed by atoms with Crippen LogP contribution in [0.2, 0.25) is 0 Å². The van der Waals surface area contributed by atoms with Crippen LogP contribution in [0, 0.1) is 6.92 Å². The van der Waals surface area contributed by atoms with Crippen molar-refractivity contribution in [2.45, 2.75) is 26.3 Å². The number of aliphatic carboxylic acids is 1. The minimum Gasteiger partial charge on any atom is -0.480 e. The first-order chi connectivity index (χ1) is 9.02. The molecule has 0 unspecified atom stereocenters. The highest BCUT2D eigenvalue weighted by Crippen LogP contribution is 2.09. The van der Waals surface area contributed by atoms with Gasteiger partial charge in [-0.3, -0.25) is 9.20 Å². The zero-order chi connectivity index (χ0) is 14.0. The third kappa shape index (κ3) is 2.57. The number of imidazole rings is 1. The molecule has 0 bridgehead atoms. The van der Waals surface area contributed by atoms with Crippen molar-refractivity contribution in [2.75, 3.05) is 0 Å². The van der Waals surface area contributed by atoms with Crippen molar-refractivity contribution in [3.05, 3.63) is 35.8 Å². The van der Waals surface area contributed by atoms with E-state index in [2.05, 4.69) is 10.3 Å². The Morgan fingerprint density at radius 3 is 2.84 bits per heavy atom. The summed E-state index contributed by atoms with van der Waals surface area (Å²) >= 11 is 0. The monoisotopic (exact) mass is 261 g/mol. The third-order valence-corrected chi connectivity index (χ3v) is 2.90. The number of rotatable bonds is 4. The largest absolute Gasteiger partial charge is 0.480 e. The van der Waals surface area contributed by atoms with Gasteiger partial charge in [-0.25, -0.2) is 9.78 Å². The topological polar surface area (TPSA) is 83.7 Å². The molecule has 1 atom stereocenters. The van der Waals surface area contributed by atoms with Gasteiger partial charge in [-0.05, 0) is 25.0 Å². The molecule has 6 nitrogen and oxygen atoms in total. The number of hydrogen-bond donors (Lipinski definition) is 2. The zero-order valence-electron chi connectivity index (χ0n) is 10.8. The fourth-order valence-electron chi connectivity index (χ4n) is 1.83. The van der Waals surface area contributed by atoms with Crippen molar-refractivity contribution in [1.29, 1.82) is 0 Å². The SMILES string of the molecule is CC[C@H](NC(=O)c1cnc2ccc(C)cn12)C(=O)O. The first-order valence-corrected chi connectivity index (χ1v) is 6.00. The van der Waals surface area contributed by atoms with Gasteiger partial charge in [0, 0.05) is 6.20 Å². The number of carboxylic acids is 1. The molecule has 0 saturated carbocycles. The number of hydrogen-bond acceptors (Lipinski definition) is 3. The summed E-state index contributed by atoms with van der Waals surface area (Å²) in [7, 11) is 0. The molecule has 100 valence electrons. The average Bonchev–Trinajstić information content (AvgIpc) is 2.78. The summed E-state index contributed by atoms with van der Waals surface area (Å²) in [4.78, 5) is 27.1. The van der Waals surface area contributed by atoms with Gasteiger partial charge in [-0.15, -0.1) is 0 Å². The minimum atomic E-state index is -1.04. The minimum absolute atomic E-state index is 0.330. The number of nitrogens with zero attached hydrogens (tertiary/aromatic N) is 2. The van der Waals surface area contributed by atoms with E-state index in [1.54, 1.807) is 23.6 Å². The number of carboxylic acid groups (broad SMARTS) is 1. The normalized spacial score (nSPS) is 12.3. The number of carbonyl (C=O) groups excluding carboxylic acids is 1. The number of nitrogens with one attached hydrogen (secondary N) is 1. The van der Waals surface area contributed by atoms with Gasteiger partial charge in [0.15, 0.2) is 0 Å². The molecule has 2 aromatic heterocycles. The van der Waals surface area contributed by atoms with Gasteiger partial charge in [-0.1, -0.05) is 13.0 Å². The second kappa shape index (κ2) is 5.09. The lowest BCUT2D eigenvalue weighted by Gasteiger charge is -2.11. The van der Waals surface area contributed by atoms with Crippen LogP contribution in [0.25, 0.3) is 5.65 Å². The molecule has 2 N–H and O–H groups in total. The molecule has 0 saturated heterocycles. The van der Waals surface area contributed by atoms with Gasteiger partial charge in [0.2, 0.25) is 0 Å². The highest BCUT2D eigenvalue weighted by atomic mass is 16.4. The fourth-order valence-corrected chi connectivity index (χ4v) is 1.83. The van der Waals surface area contributed by atoms with Gasteiger partial charge in [0.1, 0.15) is 17.4 Å². The third-order valence-electron chi connectivity index (χ3n) is 2.90. The Bertz CT molecular complexity index is 633. The Balaban J connectivity index is 2.31. The second-order valence-electron chi connectivity index (χ2n) is 4.35. The van der Waals surface area contributed by atoms with Crippen molar-refractivity contribution >= 4 is 17.5 Å². The average molecular weight is 261 g/mol. The molecule has 0 aliphatic carbocycles. The number of amides is 1. The molecule has 0 spiro atoms. The molecule has 1 amide bonds. The molecular formula is C13H15N3O3. The molecule has 2 rings (SSSR count). The van der Waals surface area contributed by atoms with Crippen LogP contribution in [0.1, 0.15) is 29.4 Å². The van der Waals surface area contributed by atoms with E-state index in [1.807, 2.05) is 13.0 Å². The van der Waals surface area contributed by atoms with Gasteiger partial charge in [0.05, 0.1) is 6.20 Å². The Labute approximate surface area is 110 Å². The molecule has 0 aliphatic rings. The number of fused-ring (bicyclic) bond motifs is 1. The van der Waals surface area contributed by atoms with E-state index in [0.29, 0.717) is 17.8 Å². The van der Waals surface area contributed by atoms with Crippen LogP contribution in [0.3, 0.4) is 0 Å². The maximum atomic E-state index is 12.1. The van der Waals surface area contributed by atoms with Crippen molar-refractivity contribution in [1.82, 2.24) is 14.7 Å². The van der Waals surface area contributed by atoms with Crippen molar-refractivity contribution in [3.8, 4) is 0 Å². The predicted octanol–water partition coefficient (Wildman–Crippen LogP) is 1.24.